The van der Waals surface area contributed by atoms with Gasteiger partial charge >= 0.3 is 0 Å². The number of hydrogen-bond acceptors (Lipinski definition) is 2. The van der Waals surface area contributed by atoms with E-state index < -0.39 is 0 Å². The van der Waals surface area contributed by atoms with Crippen LogP contribution in [0, 0.1) is 5.41 Å². The summed E-state index contributed by atoms with van der Waals surface area (Å²) in [5.41, 5.74) is 1.30. The van der Waals surface area contributed by atoms with Crippen LogP contribution >= 0.6 is 0 Å². The fraction of sp³-hybridized carbons (Fsp3) is 0.471. The van der Waals surface area contributed by atoms with Gasteiger partial charge in [0.25, 0.3) is 0 Å². The van der Waals surface area contributed by atoms with Crippen LogP contribution < -0.4 is 0 Å². The standard InChI is InChI=1S/C17H21NO2/c19-16(8-7-15-5-2-1-3-6-15)18-11-4-9-17(13-18)10-12-20-14-17/h1-3,5-8H,4,9-14H2. The first-order valence-electron chi connectivity index (χ1n) is 7.37. The maximum Gasteiger partial charge on any atom is 0.246 e. The number of piperidine rings is 1. The van der Waals surface area contributed by atoms with E-state index in [0.717, 1.165) is 44.7 Å². The lowest BCUT2D eigenvalue weighted by Gasteiger charge is -2.39. The molecule has 1 aromatic carbocycles. The summed E-state index contributed by atoms with van der Waals surface area (Å²) >= 11 is 0. The Balaban J connectivity index is 1.63. The zero-order chi connectivity index (χ0) is 13.8. The number of carbonyl (C=O) groups excluding carboxylic acids is 1. The van der Waals surface area contributed by atoms with E-state index in [0.29, 0.717) is 0 Å². The monoisotopic (exact) mass is 271 g/mol. The van der Waals surface area contributed by atoms with Crippen molar-refractivity contribution >= 4 is 12.0 Å². The van der Waals surface area contributed by atoms with Gasteiger partial charge in [0.2, 0.25) is 5.91 Å². The zero-order valence-electron chi connectivity index (χ0n) is 11.8. The highest BCUT2D eigenvalue weighted by Gasteiger charge is 2.39. The molecule has 2 aliphatic heterocycles. The number of hydrogen-bond donors (Lipinski definition) is 0. The fourth-order valence-electron chi connectivity index (χ4n) is 3.20. The lowest BCUT2D eigenvalue weighted by Crippen LogP contribution is -2.45. The van der Waals surface area contributed by atoms with Crippen LogP contribution in [0.15, 0.2) is 36.4 Å². The molecule has 0 saturated carbocycles. The highest BCUT2D eigenvalue weighted by Crippen LogP contribution is 2.37. The number of benzene rings is 1. The van der Waals surface area contributed by atoms with Crippen molar-refractivity contribution in [2.45, 2.75) is 19.3 Å². The predicted octanol–water partition coefficient (Wildman–Crippen LogP) is 2.73. The molecule has 0 N–H and O–H groups in total. The summed E-state index contributed by atoms with van der Waals surface area (Å²) in [6.45, 7) is 3.39. The van der Waals surface area contributed by atoms with Gasteiger partial charge in [0, 0.05) is 31.2 Å². The Morgan fingerprint density at radius 3 is 2.85 bits per heavy atom. The molecule has 3 heteroatoms. The molecule has 0 aromatic heterocycles. The van der Waals surface area contributed by atoms with E-state index in [-0.39, 0.29) is 11.3 Å². The van der Waals surface area contributed by atoms with Crippen molar-refractivity contribution in [3.63, 3.8) is 0 Å². The quantitative estimate of drug-likeness (QED) is 0.774. The molecule has 106 valence electrons. The first-order valence-corrected chi connectivity index (χ1v) is 7.37. The third kappa shape index (κ3) is 2.93. The van der Waals surface area contributed by atoms with Gasteiger partial charge in [-0.15, -0.1) is 0 Å². The second-order valence-corrected chi connectivity index (χ2v) is 5.91. The largest absolute Gasteiger partial charge is 0.381 e. The average Bonchev–Trinajstić information content (AvgIpc) is 2.93. The van der Waals surface area contributed by atoms with Crippen LogP contribution in [0.25, 0.3) is 6.08 Å². The molecule has 3 nitrogen and oxygen atoms in total. The van der Waals surface area contributed by atoms with Crippen molar-refractivity contribution in [2.75, 3.05) is 26.3 Å². The van der Waals surface area contributed by atoms with Crippen LogP contribution in [0.4, 0.5) is 0 Å². The van der Waals surface area contributed by atoms with E-state index in [1.54, 1.807) is 6.08 Å². The minimum Gasteiger partial charge on any atom is -0.381 e. The Morgan fingerprint density at radius 1 is 1.25 bits per heavy atom. The van der Waals surface area contributed by atoms with Gasteiger partial charge < -0.3 is 9.64 Å². The minimum absolute atomic E-state index is 0.125. The van der Waals surface area contributed by atoms with Crippen molar-refractivity contribution < 1.29 is 9.53 Å². The second-order valence-electron chi connectivity index (χ2n) is 5.91. The van der Waals surface area contributed by atoms with E-state index in [1.807, 2.05) is 41.3 Å². The number of amides is 1. The summed E-state index contributed by atoms with van der Waals surface area (Å²) in [5, 5.41) is 0. The normalized spacial score (nSPS) is 26.5. The van der Waals surface area contributed by atoms with Gasteiger partial charge in [-0.05, 0) is 30.9 Å². The van der Waals surface area contributed by atoms with E-state index in [2.05, 4.69) is 0 Å². The molecule has 1 aromatic rings. The lowest BCUT2D eigenvalue weighted by molar-refractivity contribution is -0.129. The molecule has 0 radical (unpaired) electrons. The van der Waals surface area contributed by atoms with Gasteiger partial charge in [0.05, 0.1) is 6.61 Å². The predicted molar refractivity (Wildman–Crippen MR) is 79.2 cm³/mol. The average molecular weight is 271 g/mol. The minimum atomic E-state index is 0.125. The lowest BCUT2D eigenvalue weighted by atomic mass is 9.79. The van der Waals surface area contributed by atoms with Gasteiger partial charge in [-0.2, -0.15) is 0 Å². The smallest absolute Gasteiger partial charge is 0.246 e. The van der Waals surface area contributed by atoms with E-state index in [9.17, 15) is 4.79 Å². The third-order valence-corrected chi connectivity index (χ3v) is 4.38. The van der Waals surface area contributed by atoms with Crippen LogP contribution in [0.2, 0.25) is 0 Å². The summed E-state index contributed by atoms with van der Waals surface area (Å²) in [5.74, 6) is 0.125. The maximum absolute atomic E-state index is 12.3. The van der Waals surface area contributed by atoms with E-state index in [1.165, 1.54) is 6.42 Å². The molecule has 1 atom stereocenters. The highest BCUT2D eigenvalue weighted by molar-refractivity contribution is 5.91. The molecule has 2 aliphatic rings. The molecule has 0 bridgehead atoms. The van der Waals surface area contributed by atoms with Crippen molar-refractivity contribution in [3.8, 4) is 0 Å². The highest BCUT2D eigenvalue weighted by atomic mass is 16.5. The van der Waals surface area contributed by atoms with Gasteiger partial charge in [0.15, 0.2) is 0 Å². The van der Waals surface area contributed by atoms with Crippen LogP contribution in [0.5, 0.6) is 0 Å². The molecule has 3 rings (SSSR count). The van der Waals surface area contributed by atoms with Crippen LogP contribution in [0.1, 0.15) is 24.8 Å². The van der Waals surface area contributed by atoms with E-state index in [4.69, 9.17) is 4.74 Å². The molecule has 0 aliphatic carbocycles. The molecule has 1 spiro atoms. The molecular formula is C17H21NO2. The third-order valence-electron chi connectivity index (χ3n) is 4.38. The molecule has 2 heterocycles. The molecular weight excluding hydrogens is 250 g/mol. The summed E-state index contributed by atoms with van der Waals surface area (Å²) < 4.78 is 5.54. The Labute approximate surface area is 120 Å². The SMILES string of the molecule is O=C(C=Cc1ccccc1)N1CCCC2(CCOC2)C1. The summed E-state index contributed by atoms with van der Waals surface area (Å²) in [4.78, 5) is 14.3. The zero-order valence-corrected chi connectivity index (χ0v) is 11.8. The molecule has 2 fully saturated rings. The molecule has 20 heavy (non-hydrogen) atoms. The number of ether oxygens (including phenoxy) is 1. The van der Waals surface area contributed by atoms with Crippen molar-refractivity contribution in [1.29, 1.82) is 0 Å². The van der Waals surface area contributed by atoms with Gasteiger partial charge in [0.1, 0.15) is 0 Å². The summed E-state index contributed by atoms with van der Waals surface area (Å²) in [7, 11) is 0. The van der Waals surface area contributed by atoms with Crippen LogP contribution in [-0.4, -0.2) is 37.1 Å². The fourth-order valence-corrected chi connectivity index (χ4v) is 3.20. The van der Waals surface area contributed by atoms with Crippen molar-refractivity contribution in [2.24, 2.45) is 5.41 Å². The van der Waals surface area contributed by atoms with Crippen LogP contribution in [-0.2, 0) is 9.53 Å². The number of likely N-dealkylation sites (tertiary alicyclic amines) is 1. The van der Waals surface area contributed by atoms with Gasteiger partial charge in [-0.25, -0.2) is 0 Å². The van der Waals surface area contributed by atoms with Crippen molar-refractivity contribution in [3.05, 3.63) is 42.0 Å². The first kappa shape index (κ1) is 13.4. The molecule has 1 amide bonds. The molecule has 1 unspecified atom stereocenters. The summed E-state index contributed by atoms with van der Waals surface area (Å²) in [6.07, 6.45) is 6.98. The Bertz CT molecular complexity index is 489. The number of rotatable bonds is 2. The number of nitrogens with zero attached hydrogens (tertiary/aromatic N) is 1. The Morgan fingerprint density at radius 2 is 2.10 bits per heavy atom. The van der Waals surface area contributed by atoms with Gasteiger partial charge in [-0.1, -0.05) is 30.3 Å². The maximum atomic E-state index is 12.3. The van der Waals surface area contributed by atoms with E-state index >= 15 is 0 Å². The summed E-state index contributed by atoms with van der Waals surface area (Å²) in [6, 6.07) is 9.96. The molecule has 2 saturated heterocycles. The van der Waals surface area contributed by atoms with Crippen LogP contribution in [0.3, 0.4) is 0 Å². The van der Waals surface area contributed by atoms with Gasteiger partial charge in [-0.3, -0.25) is 4.79 Å². The topological polar surface area (TPSA) is 29.5 Å². The first-order chi connectivity index (χ1) is 9.77. The second kappa shape index (κ2) is 5.80. The van der Waals surface area contributed by atoms with Crippen molar-refractivity contribution in [1.82, 2.24) is 4.90 Å². The Hall–Kier alpha value is -1.61. The Kier molecular flexibility index (Phi) is 3.88. The number of carbonyl (C=O) groups is 1.